The molecule has 3 rings (SSSR count). The van der Waals surface area contributed by atoms with E-state index in [0.29, 0.717) is 22.5 Å². The minimum absolute atomic E-state index is 0.0987. The van der Waals surface area contributed by atoms with Crippen LogP contribution in [0.5, 0.6) is 0 Å². The van der Waals surface area contributed by atoms with Gasteiger partial charge in [-0.25, -0.2) is 4.79 Å². The van der Waals surface area contributed by atoms with E-state index in [9.17, 15) is 14.4 Å². The smallest absolute Gasteiger partial charge is 0.338 e. The van der Waals surface area contributed by atoms with Crippen molar-refractivity contribution < 1.29 is 28.4 Å². The van der Waals surface area contributed by atoms with E-state index in [0.717, 1.165) is 5.39 Å². The molecule has 8 heteroatoms. The molecule has 0 aliphatic carbocycles. The Morgan fingerprint density at radius 2 is 1.79 bits per heavy atom. The third kappa shape index (κ3) is 4.73. The van der Waals surface area contributed by atoms with Gasteiger partial charge in [0.15, 0.2) is 12.2 Å². The van der Waals surface area contributed by atoms with Crippen LogP contribution in [0, 0.1) is 0 Å². The molecule has 0 bridgehead atoms. The molecular weight excluding hydrogens is 364 g/mol. The van der Waals surface area contributed by atoms with Crippen LogP contribution in [0.1, 0.15) is 23.0 Å². The Hall–Kier alpha value is -3.68. The second-order valence-electron chi connectivity index (χ2n) is 5.81. The van der Waals surface area contributed by atoms with Gasteiger partial charge in [0.2, 0.25) is 0 Å². The first-order valence-electron chi connectivity index (χ1n) is 8.62. The molecule has 8 nitrogen and oxygen atoms in total. The normalized spacial score (nSPS) is 10.5. The maximum atomic E-state index is 12.0. The molecule has 0 unspecified atom stereocenters. The summed E-state index contributed by atoms with van der Waals surface area (Å²) >= 11 is 0. The average Bonchev–Trinajstić information content (AvgIpc) is 3.10. The summed E-state index contributed by atoms with van der Waals surface area (Å²) in [6, 6.07) is 13.4. The Labute approximate surface area is 160 Å². The summed E-state index contributed by atoms with van der Waals surface area (Å²) in [6.45, 7) is 1.57. The van der Waals surface area contributed by atoms with Crippen molar-refractivity contribution in [1.82, 2.24) is 5.16 Å². The van der Waals surface area contributed by atoms with Gasteiger partial charge in [0, 0.05) is 11.1 Å². The maximum Gasteiger partial charge on any atom is 0.338 e. The number of amides is 1. The first kappa shape index (κ1) is 19.1. The summed E-state index contributed by atoms with van der Waals surface area (Å²) < 4.78 is 15.0. The first-order valence-corrected chi connectivity index (χ1v) is 8.62. The quantitative estimate of drug-likeness (QED) is 0.626. The molecule has 1 amide bonds. The number of carbonyl (C=O) groups excluding carboxylic acids is 3. The number of fused-ring (bicyclic) bond motifs is 1. The topological polar surface area (TPSA) is 108 Å². The second-order valence-corrected chi connectivity index (χ2v) is 5.81. The zero-order valence-electron chi connectivity index (χ0n) is 15.1. The fourth-order valence-corrected chi connectivity index (χ4v) is 2.50. The Bertz CT molecular complexity index is 993. The Balaban J connectivity index is 1.48. The summed E-state index contributed by atoms with van der Waals surface area (Å²) in [7, 11) is 0. The molecule has 1 heterocycles. The van der Waals surface area contributed by atoms with Crippen molar-refractivity contribution >= 4 is 34.5 Å². The molecule has 0 atom stereocenters. The fourth-order valence-electron chi connectivity index (χ4n) is 2.50. The predicted molar refractivity (Wildman–Crippen MR) is 99.7 cm³/mol. The van der Waals surface area contributed by atoms with Gasteiger partial charge < -0.3 is 19.3 Å². The summed E-state index contributed by atoms with van der Waals surface area (Å²) in [5.41, 5.74) is 1.88. The van der Waals surface area contributed by atoms with Crippen molar-refractivity contribution in [2.75, 3.05) is 18.5 Å². The lowest BCUT2D eigenvalue weighted by Gasteiger charge is -2.07. The molecule has 0 aliphatic rings. The molecule has 0 saturated heterocycles. The molecule has 2 aromatic carbocycles. The average molecular weight is 382 g/mol. The van der Waals surface area contributed by atoms with Crippen LogP contribution < -0.4 is 5.32 Å². The molecule has 3 aromatic rings. The van der Waals surface area contributed by atoms with Crippen molar-refractivity contribution in [2.45, 2.75) is 13.3 Å². The Morgan fingerprint density at radius 1 is 1.04 bits per heavy atom. The molecule has 1 N–H and O–H groups in total. The fraction of sp³-hybridized carbons (Fsp3) is 0.200. The number of benzene rings is 2. The summed E-state index contributed by atoms with van der Waals surface area (Å²) in [5, 5.41) is 7.16. The van der Waals surface area contributed by atoms with E-state index >= 15 is 0 Å². The van der Waals surface area contributed by atoms with E-state index in [4.69, 9.17) is 14.0 Å². The number of nitrogens with one attached hydrogen (secondary N) is 1. The standard InChI is InChI=1S/C20H18N2O6/c1-2-26-20(25)13-7-9-14(10-8-13)21-18(23)12-27-19(24)11-16-15-5-3-4-6-17(15)28-22-16/h3-10H,2,11-12H2,1H3,(H,21,23). The first-order chi connectivity index (χ1) is 13.6. The molecule has 0 spiro atoms. The van der Waals surface area contributed by atoms with Gasteiger partial charge in [-0.1, -0.05) is 17.3 Å². The number of carbonyl (C=O) groups is 3. The van der Waals surface area contributed by atoms with Gasteiger partial charge in [0.25, 0.3) is 5.91 Å². The number of rotatable bonds is 7. The molecule has 28 heavy (non-hydrogen) atoms. The minimum Gasteiger partial charge on any atom is -0.462 e. The highest BCUT2D eigenvalue weighted by atomic mass is 16.5. The van der Waals surface area contributed by atoms with Crippen molar-refractivity contribution in [3.63, 3.8) is 0 Å². The number of esters is 2. The Kier molecular flexibility index (Phi) is 6.01. The Morgan fingerprint density at radius 3 is 2.54 bits per heavy atom. The van der Waals surface area contributed by atoms with Crippen molar-refractivity contribution in [1.29, 1.82) is 0 Å². The monoisotopic (exact) mass is 382 g/mol. The van der Waals surface area contributed by atoms with E-state index < -0.39 is 24.5 Å². The lowest BCUT2D eigenvalue weighted by molar-refractivity contribution is -0.146. The highest BCUT2D eigenvalue weighted by molar-refractivity contribution is 5.94. The minimum atomic E-state index is -0.591. The largest absolute Gasteiger partial charge is 0.462 e. The van der Waals surface area contributed by atoms with Crippen LogP contribution in [0.25, 0.3) is 11.0 Å². The van der Waals surface area contributed by atoms with Crippen molar-refractivity contribution in [3.8, 4) is 0 Å². The van der Waals surface area contributed by atoms with Crippen LogP contribution in [0.3, 0.4) is 0 Å². The third-order valence-corrected chi connectivity index (χ3v) is 3.81. The van der Waals surface area contributed by atoms with Gasteiger partial charge >= 0.3 is 11.9 Å². The van der Waals surface area contributed by atoms with Gasteiger partial charge in [-0.2, -0.15) is 0 Å². The van der Waals surface area contributed by atoms with Crippen LogP contribution in [0.15, 0.2) is 53.1 Å². The zero-order chi connectivity index (χ0) is 19.9. The highest BCUT2D eigenvalue weighted by Gasteiger charge is 2.14. The number of aromatic nitrogens is 1. The number of hydrogen-bond acceptors (Lipinski definition) is 7. The van der Waals surface area contributed by atoms with Crippen LogP contribution >= 0.6 is 0 Å². The summed E-state index contributed by atoms with van der Waals surface area (Å²) in [4.78, 5) is 35.5. The van der Waals surface area contributed by atoms with Gasteiger partial charge in [-0.3, -0.25) is 9.59 Å². The van der Waals surface area contributed by atoms with Crippen LogP contribution in [-0.4, -0.2) is 36.2 Å². The number of para-hydroxylation sites is 1. The molecule has 0 aliphatic heterocycles. The van der Waals surface area contributed by atoms with Crippen LogP contribution in [0.4, 0.5) is 5.69 Å². The predicted octanol–water partition coefficient (Wildman–Crippen LogP) is 2.73. The lowest BCUT2D eigenvalue weighted by atomic mass is 10.2. The van der Waals surface area contributed by atoms with Gasteiger partial charge in [-0.15, -0.1) is 0 Å². The maximum absolute atomic E-state index is 12.0. The molecule has 144 valence electrons. The molecule has 1 aromatic heterocycles. The second kappa shape index (κ2) is 8.81. The van der Waals surface area contributed by atoms with E-state index in [1.807, 2.05) is 6.07 Å². The molecule has 0 saturated carbocycles. The number of ether oxygens (including phenoxy) is 2. The van der Waals surface area contributed by atoms with E-state index in [1.165, 1.54) is 12.1 Å². The van der Waals surface area contributed by atoms with Gasteiger partial charge in [0.05, 0.1) is 18.6 Å². The number of nitrogens with zero attached hydrogens (tertiary/aromatic N) is 1. The molecular formula is C20H18N2O6. The molecule has 0 fully saturated rings. The summed E-state index contributed by atoms with van der Waals surface area (Å²) in [6.07, 6.45) is -0.0987. The van der Waals surface area contributed by atoms with Crippen molar-refractivity contribution in [2.24, 2.45) is 0 Å². The SMILES string of the molecule is CCOC(=O)c1ccc(NC(=O)COC(=O)Cc2noc3ccccc23)cc1. The third-order valence-electron chi connectivity index (χ3n) is 3.81. The van der Waals surface area contributed by atoms with E-state index in [-0.39, 0.29) is 13.0 Å². The van der Waals surface area contributed by atoms with Gasteiger partial charge in [-0.05, 0) is 43.3 Å². The van der Waals surface area contributed by atoms with Gasteiger partial charge in [0.1, 0.15) is 5.69 Å². The van der Waals surface area contributed by atoms with Crippen LogP contribution in [-0.2, 0) is 25.5 Å². The van der Waals surface area contributed by atoms with E-state index in [2.05, 4.69) is 10.5 Å². The van der Waals surface area contributed by atoms with E-state index in [1.54, 1.807) is 37.3 Å². The zero-order valence-corrected chi connectivity index (χ0v) is 15.1. The summed E-state index contributed by atoms with van der Waals surface area (Å²) in [5.74, 6) is -1.52. The lowest BCUT2D eigenvalue weighted by Crippen LogP contribution is -2.21. The molecule has 0 radical (unpaired) electrons. The van der Waals surface area contributed by atoms with Crippen molar-refractivity contribution in [3.05, 3.63) is 59.8 Å². The number of anilines is 1. The number of hydrogen-bond donors (Lipinski definition) is 1. The van der Waals surface area contributed by atoms with Crippen LogP contribution in [0.2, 0.25) is 0 Å². The highest BCUT2D eigenvalue weighted by Crippen LogP contribution is 2.18.